The highest BCUT2D eigenvalue weighted by Gasteiger charge is 2.29. The Kier molecular flexibility index (Phi) is 5.78. The van der Waals surface area contributed by atoms with Crippen molar-refractivity contribution in [2.45, 2.75) is 18.7 Å². The van der Waals surface area contributed by atoms with Gasteiger partial charge < -0.3 is 4.90 Å². The highest BCUT2D eigenvalue weighted by atomic mass is 32.2. The molecule has 0 spiro atoms. The number of nitro benzene ring substituents is 1. The Morgan fingerprint density at radius 1 is 1.00 bits per heavy atom. The predicted octanol–water partition coefficient (Wildman–Crippen LogP) is 3.85. The number of anilines is 1. The van der Waals surface area contributed by atoms with Gasteiger partial charge in [-0.2, -0.15) is 4.31 Å². The predicted molar refractivity (Wildman–Crippen MR) is 121 cm³/mol. The van der Waals surface area contributed by atoms with Crippen LogP contribution in [0.25, 0.3) is 11.3 Å². The van der Waals surface area contributed by atoms with Crippen LogP contribution in [0.2, 0.25) is 0 Å². The molecule has 0 N–H and O–H groups in total. The minimum Gasteiger partial charge on any atom is -0.345 e. The molecule has 0 amide bonds. The second-order valence-electron chi connectivity index (χ2n) is 7.53. The Bertz CT molecular complexity index is 1190. The van der Waals surface area contributed by atoms with Crippen LogP contribution in [-0.4, -0.2) is 48.8 Å². The van der Waals surface area contributed by atoms with Crippen LogP contribution < -0.4 is 4.90 Å². The molecular weight excluding hydrogens is 436 g/mol. The van der Waals surface area contributed by atoms with Gasteiger partial charge in [-0.05, 0) is 38.1 Å². The highest BCUT2D eigenvalue weighted by Crippen LogP contribution is 2.30. The van der Waals surface area contributed by atoms with Crippen molar-refractivity contribution in [1.29, 1.82) is 0 Å². The largest absolute Gasteiger partial charge is 0.345 e. The molecule has 31 heavy (non-hydrogen) atoms. The molecule has 1 aliphatic rings. The maximum atomic E-state index is 12.9. The number of thiazole rings is 1. The third-order valence-corrected chi connectivity index (χ3v) is 8.02. The van der Waals surface area contributed by atoms with Crippen LogP contribution in [0.4, 0.5) is 10.8 Å². The fraction of sp³-hybridized carbons (Fsp3) is 0.286. The van der Waals surface area contributed by atoms with E-state index in [2.05, 4.69) is 36.9 Å². The summed E-state index contributed by atoms with van der Waals surface area (Å²) in [7, 11) is -3.69. The van der Waals surface area contributed by atoms with Crippen molar-refractivity contribution >= 4 is 32.2 Å². The summed E-state index contributed by atoms with van der Waals surface area (Å²) in [5.41, 5.74) is 4.25. The average Bonchev–Trinajstić information content (AvgIpc) is 3.23. The maximum Gasteiger partial charge on any atom is 0.269 e. The van der Waals surface area contributed by atoms with Crippen molar-refractivity contribution in [1.82, 2.24) is 9.29 Å². The number of aryl methyl sites for hydroxylation is 2. The van der Waals surface area contributed by atoms with E-state index in [0.717, 1.165) is 16.4 Å². The first-order valence-corrected chi connectivity index (χ1v) is 12.1. The molecule has 2 heterocycles. The Morgan fingerprint density at radius 2 is 1.61 bits per heavy atom. The van der Waals surface area contributed by atoms with Crippen LogP contribution in [-0.2, 0) is 10.0 Å². The molecule has 0 radical (unpaired) electrons. The van der Waals surface area contributed by atoms with Crippen molar-refractivity contribution in [3.8, 4) is 11.3 Å². The molecule has 1 aromatic heterocycles. The molecule has 1 fully saturated rings. The molecule has 0 saturated carbocycles. The molecule has 162 valence electrons. The summed E-state index contributed by atoms with van der Waals surface area (Å²) in [5, 5.41) is 13.7. The van der Waals surface area contributed by atoms with Crippen LogP contribution in [0.1, 0.15) is 11.1 Å². The van der Waals surface area contributed by atoms with E-state index in [1.807, 2.05) is 5.38 Å². The lowest BCUT2D eigenvalue weighted by atomic mass is 10.1. The lowest BCUT2D eigenvalue weighted by molar-refractivity contribution is -0.384. The number of sulfonamides is 1. The van der Waals surface area contributed by atoms with Gasteiger partial charge in [-0.15, -0.1) is 11.3 Å². The summed E-state index contributed by atoms with van der Waals surface area (Å²) < 4.78 is 27.2. The van der Waals surface area contributed by atoms with E-state index in [0.29, 0.717) is 26.2 Å². The van der Waals surface area contributed by atoms with Gasteiger partial charge in [0.2, 0.25) is 10.0 Å². The molecule has 1 aliphatic heterocycles. The highest BCUT2D eigenvalue weighted by molar-refractivity contribution is 7.89. The first-order chi connectivity index (χ1) is 14.7. The van der Waals surface area contributed by atoms with Crippen molar-refractivity contribution in [3.63, 3.8) is 0 Å². The van der Waals surface area contributed by atoms with Gasteiger partial charge in [0, 0.05) is 49.3 Å². The lowest BCUT2D eigenvalue weighted by Gasteiger charge is -2.33. The van der Waals surface area contributed by atoms with Crippen LogP contribution in [0.15, 0.2) is 52.7 Å². The fourth-order valence-corrected chi connectivity index (χ4v) is 5.98. The second kappa shape index (κ2) is 8.37. The summed E-state index contributed by atoms with van der Waals surface area (Å²) in [6.07, 6.45) is 0. The van der Waals surface area contributed by atoms with Crippen molar-refractivity contribution in [3.05, 3.63) is 69.1 Å². The van der Waals surface area contributed by atoms with Crippen molar-refractivity contribution in [2.75, 3.05) is 31.1 Å². The molecule has 4 rings (SSSR count). The van der Waals surface area contributed by atoms with Crippen LogP contribution >= 0.6 is 11.3 Å². The first kappa shape index (κ1) is 21.4. The number of non-ortho nitro benzene ring substituents is 1. The van der Waals surface area contributed by atoms with Gasteiger partial charge in [0.15, 0.2) is 5.13 Å². The van der Waals surface area contributed by atoms with Crippen molar-refractivity contribution in [2.24, 2.45) is 0 Å². The van der Waals surface area contributed by atoms with Gasteiger partial charge in [0.05, 0.1) is 15.5 Å². The van der Waals surface area contributed by atoms with Gasteiger partial charge in [0.25, 0.3) is 5.69 Å². The minimum absolute atomic E-state index is 0.0675. The van der Waals surface area contributed by atoms with Crippen molar-refractivity contribution < 1.29 is 13.3 Å². The molecule has 0 aliphatic carbocycles. The van der Waals surface area contributed by atoms with E-state index in [1.165, 1.54) is 39.7 Å². The fourth-order valence-electron chi connectivity index (χ4n) is 3.67. The molecule has 1 saturated heterocycles. The average molecular weight is 459 g/mol. The Morgan fingerprint density at radius 3 is 2.19 bits per heavy atom. The molecule has 0 unspecified atom stereocenters. The van der Waals surface area contributed by atoms with E-state index in [9.17, 15) is 18.5 Å². The molecule has 2 aromatic carbocycles. The zero-order valence-corrected chi connectivity index (χ0v) is 18.8. The van der Waals surface area contributed by atoms with Crippen LogP contribution in [0.5, 0.6) is 0 Å². The standard InChI is InChI=1S/C21H22N4O4S2/c1-15-11-16(2)13-17(12-15)20-14-30-21(22-20)23-7-9-24(10-8-23)31(28,29)19-5-3-18(4-6-19)25(26)27/h3-6,11-14H,7-10H2,1-2H3. The SMILES string of the molecule is Cc1cc(C)cc(-c2csc(N3CCN(S(=O)(=O)c4ccc([N+](=O)[O-])cc4)CC3)n2)c1. The van der Waals surface area contributed by atoms with Gasteiger partial charge in [-0.25, -0.2) is 13.4 Å². The maximum absolute atomic E-state index is 12.9. The third-order valence-electron chi connectivity index (χ3n) is 5.20. The second-order valence-corrected chi connectivity index (χ2v) is 10.3. The molecule has 8 nitrogen and oxygen atoms in total. The number of benzene rings is 2. The van der Waals surface area contributed by atoms with E-state index < -0.39 is 14.9 Å². The van der Waals surface area contributed by atoms with E-state index >= 15 is 0 Å². The molecule has 10 heteroatoms. The number of aromatic nitrogens is 1. The number of nitro groups is 1. The normalized spacial score (nSPS) is 15.2. The zero-order chi connectivity index (χ0) is 22.2. The number of hydrogen-bond donors (Lipinski definition) is 0. The van der Waals surface area contributed by atoms with Gasteiger partial charge in [-0.3, -0.25) is 10.1 Å². The summed E-state index contributed by atoms with van der Waals surface area (Å²) in [6.45, 7) is 5.86. The van der Waals surface area contributed by atoms with E-state index in [-0.39, 0.29) is 10.6 Å². The Balaban J connectivity index is 1.45. The topological polar surface area (TPSA) is 96.7 Å². The van der Waals surface area contributed by atoms with Crippen LogP contribution in [0.3, 0.4) is 0 Å². The van der Waals surface area contributed by atoms with Gasteiger partial charge in [-0.1, -0.05) is 17.2 Å². The zero-order valence-electron chi connectivity index (χ0n) is 17.2. The Hall–Kier alpha value is -2.82. The van der Waals surface area contributed by atoms with Gasteiger partial charge >= 0.3 is 0 Å². The van der Waals surface area contributed by atoms with Crippen LogP contribution in [0, 0.1) is 24.0 Å². The number of hydrogen-bond acceptors (Lipinski definition) is 7. The summed E-state index contributed by atoms with van der Waals surface area (Å²) in [5.74, 6) is 0. The molecule has 3 aromatic rings. The molecular formula is C21H22N4O4S2. The lowest BCUT2D eigenvalue weighted by Crippen LogP contribution is -2.48. The summed E-state index contributed by atoms with van der Waals surface area (Å²) in [4.78, 5) is 17.2. The molecule has 0 atom stereocenters. The number of rotatable bonds is 5. The first-order valence-electron chi connectivity index (χ1n) is 9.78. The summed E-state index contributed by atoms with van der Waals surface area (Å²) in [6, 6.07) is 11.4. The minimum atomic E-state index is -3.69. The summed E-state index contributed by atoms with van der Waals surface area (Å²) >= 11 is 1.56. The van der Waals surface area contributed by atoms with E-state index in [4.69, 9.17) is 4.98 Å². The number of piperazine rings is 1. The molecule has 0 bridgehead atoms. The van der Waals surface area contributed by atoms with Gasteiger partial charge in [0.1, 0.15) is 0 Å². The quantitative estimate of drug-likeness (QED) is 0.426. The monoisotopic (exact) mass is 458 g/mol. The Labute approximate surface area is 185 Å². The van der Waals surface area contributed by atoms with E-state index in [1.54, 1.807) is 11.3 Å². The smallest absolute Gasteiger partial charge is 0.269 e. The third kappa shape index (κ3) is 4.46. The number of nitrogens with zero attached hydrogens (tertiary/aromatic N) is 4.